The van der Waals surface area contributed by atoms with Crippen LogP contribution in [0.15, 0.2) is 18.2 Å². The van der Waals surface area contributed by atoms with E-state index < -0.39 is 0 Å². The van der Waals surface area contributed by atoms with E-state index in [-0.39, 0.29) is 0 Å². The summed E-state index contributed by atoms with van der Waals surface area (Å²) in [7, 11) is 0. The maximum Gasteiger partial charge on any atom is 0.0467 e. The molecule has 1 nitrogen and oxygen atoms in total. The Morgan fingerprint density at radius 3 is 2.53 bits per heavy atom. The Morgan fingerprint density at radius 1 is 1.35 bits per heavy atom. The zero-order valence-corrected chi connectivity index (χ0v) is 13.3. The van der Waals surface area contributed by atoms with E-state index >= 15 is 0 Å². The highest BCUT2D eigenvalue weighted by Crippen LogP contribution is 2.31. The van der Waals surface area contributed by atoms with Crippen molar-refractivity contribution in [3.05, 3.63) is 28.8 Å². The molecule has 0 N–H and O–H groups in total. The topological polar surface area (TPSA) is 3.24 Å². The van der Waals surface area contributed by atoms with Gasteiger partial charge in [-0.25, -0.2) is 0 Å². The van der Waals surface area contributed by atoms with E-state index in [1.54, 1.807) is 0 Å². The first-order valence-electron chi connectivity index (χ1n) is 5.85. The molecular weight excluding hydrogens is 318 g/mol. The van der Waals surface area contributed by atoms with Gasteiger partial charge >= 0.3 is 0 Å². The third-order valence-corrected chi connectivity index (χ3v) is 5.15. The summed E-state index contributed by atoms with van der Waals surface area (Å²) in [6.07, 6.45) is 0. The minimum atomic E-state index is 0.688. The van der Waals surface area contributed by atoms with Crippen LogP contribution in [0.25, 0.3) is 0 Å². The van der Waals surface area contributed by atoms with E-state index in [1.165, 1.54) is 5.69 Å². The maximum atomic E-state index is 6.26. The van der Waals surface area contributed by atoms with Gasteiger partial charge in [-0.05, 0) is 17.7 Å². The summed E-state index contributed by atoms with van der Waals surface area (Å²) in [5.74, 6) is 0. The van der Waals surface area contributed by atoms with Crippen molar-refractivity contribution >= 4 is 45.0 Å². The van der Waals surface area contributed by atoms with Crippen molar-refractivity contribution in [3.63, 3.8) is 0 Å². The van der Waals surface area contributed by atoms with Crippen LogP contribution in [0.4, 0.5) is 5.69 Å². The van der Waals surface area contributed by atoms with E-state index in [1.807, 2.05) is 0 Å². The fourth-order valence-corrected chi connectivity index (χ4v) is 4.45. The van der Waals surface area contributed by atoms with Crippen LogP contribution in [0.1, 0.15) is 19.4 Å². The molecule has 94 valence electrons. The molecule has 0 spiro atoms. The number of halogens is 2. The van der Waals surface area contributed by atoms with Crippen LogP contribution in [-0.2, 0) is 5.33 Å². The zero-order chi connectivity index (χ0) is 12.4. The molecule has 1 aliphatic rings. The highest BCUT2D eigenvalue weighted by atomic mass is 79.9. The van der Waals surface area contributed by atoms with Crippen LogP contribution >= 0.6 is 39.3 Å². The van der Waals surface area contributed by atoms with Gasteiger partial charge in [0.05, 0.1) is 0 Å². The highest BCUT2D eigenvalue weighted by Gasteiger charge is 2.22. The van der Waals surface area contributed by atoms with Gasteiger partial charge in [-0.1, -0.05) is 47.4 Å². The number of nitrogens with zero attached hydrogens (tertiary/aromatic N) is 1. The standard InChI is InChI=1S/C13H17BrClNS/c1-9-7-16(8-10(2)17-9)12-4-3-11(6-14)13(15)5-12/h3-5,9-10H,6-8H2,1-2H3. The average Bonchev–Trinajstić information content (AvgIpc) is 2.27. The Morgan fingerprint density at radius 2 is 2.00 bits per heavy atom. The molecule has 1 aromatic carbocycles. The number of thioether (sulfide) groups is 1. The maximum absolute atomic E-state index is 6.26. The molecule has 0 aromatic heterocycles. The monoisotopic (exact) mass is 333 g/mol. The van der Waals surface area contributed by atoms with Gasteiger partial charge in [0.1, 0.15) is 0 Å². The predicted octanol–water partition coefficient (Wildman–Crippen LogP) is 4.57. The van der Waals surface area contributed by atoms with Gasteiger partial charge in [0.2, 0.25) is 0 Å². The van der Waals surface area contributed by atoms with Crippen molar-refractivity contribution < 1.29 is 0 Å². The molecule has 1 saturated heterocycles. The van der Waals surface area contributed by atoms with Gasteiger partial charge in [-0.3, -0.25) is 0 Å². The van der Waals surface area contributed by atoms with Crippen molar-refractivity contribution in [1.82, 2.24) is 0 Å². The molecule has 1 fully saturated rings. The van der Waals surface area contributed by atoms with Crippen molar-refractivity contribution in [2.24, 2.45) is 0 Å². The Balaban J connectivity index is 2.19. The first-order valence-corrected chi connectivity index (χ1v) is 8.29. The molecule has 0 amide bonds. The lowest BCUT2D eigenvalue weighted by Gasteiger charge is -2.36. The number of hydrogen-bond acceptors (Lipinski definition) is 2. The summed E-state index contributed by atoms with van der Waals surface area (Å²) in [5, 5.41) is 3.05. The molecule has 0 saturated carbocycles. The van der Waals surface area contributed by atoms with Crippen molar-refractivity contribution in [3.8, 4) is 0 Å². The Labute approximate surface area is 121 Å². The fraction of sp³-hybridized carbons (Fsp3) is 0.538. The molecule has 1 heterocycles. The minimum absolute atomic E-state index is 0.688. The summed E-state index contributed by atoms with van der Waals surface area (Å²) in [6, 6.07) is 6.38. The molecule has 2 unspecified atom stereocenters. The molecule has 2 atom stereocenters. The summed E-state index contributed by atoms with van der Waals surface area (Å²) in [4.78, 5) is 2.44. The lowest BCUT2D eigenvalue weighted by atomic mass is 10.2. The minimum Gasteiger partial charge on any atom is -0.369 e. The van der Waals surface area contributed by atoms with Crippen molar-refractivity contribution in [1.29, 1.82) is 0 Å². The molecule has 0 bridgehead atoms. The lowest BCUT2D eigenvalue weighted by Crippen LogP contribution is -2.40. The second-order valence-corrected chi connectivity index (χ2v) is 7.42. The summed E-state index contributed by atoms with van der Waals surface area (Å²) >= 11 is 11.8. The van der Waals surface area contributed by atoms with Crippen LogP contribution in [0.2, 0.25) is 5.02 Å². The molecule has 2 rings (SSSR count). The van der Waals surface area contributed by atoms with Gasteiger partial charge in [0, 0.05) is 39.6 Å². The van der Waals surface area contributed by atoms with Crippen LogP contribution < -0.4 is 4.90 Å². The van der Waals surface area contributed by atoms with E-state index in [4.69, 9.17) is 11.6 Å². The Bertz CT molecular complexity index is 389. The van der Waals surface area contributed by atoms with Gasteiger partial charge in [-0.2, -0.15) is 11.8 Å². The molecule has 1 aliphatic heterocycles. The van der Waals surface area contributed by atoms with Gasteiger partial charge < -0.3 is 4.90 Å². The molecule has 4 heteroatoms. The second kappa shape index (κ2) is 5.85. The van der Waals surface area contributed by atoms with Crippen molar-refractivity contribution in [2.75, 3.05) is 18.0 Å². The van der Waals surface area contributed by atoms with Gasteiger partial charge in [0.25, 0.3) is 0 Å². The third-order valence-electron chi connectivity index (χ3n) is 2.97. The number of hydrogen-bond donors (Lipinski definition) is 0. The summed E-state index contributed by atoms with van der Waals surface area (Å²) in [5.41, 5.74) is 2.40. The van der Waals surface area contributed by atoms with Crippen LogP contribution in [-0.4, -0.2) is 23.6 Å². The molecular formula is C13H17BrClNS. The van der Waals surface area contributed by atoms with Crippen molar-refractivity contribution in [2.45, 2.75) is 29.7 Å². The number of anilines is 1. The fourth-order valence-electron chi connectivity index (χ4n) is 2.23. The summed E-state index contributed by atoms with van der Waals surface area (Å²) in [6.45, 7) is 6.81. The zero-order valence-electron chi connectivity index (χ0n) is 10.1. The number of benzene rings is 1. The first-order chi connectivity index (χ1) is 8.10. The van der Waals surface area contributed by atoms with E-state index in [2.05, 4.69) is 64.6 Å². The van der Waals surface area contributed by atoms with Crippen LogP contribution in [0, 0.1) is 0 Å². The van der Waals surface area contributed by atoms with Gasteiger partial charge in [0.15, 0.2) is 0 Å². The summed E-state index contributed by atoms with van der Waals surface area (Å²) < 4.78 is 0. The normalized spacial score (nSPS) is 25.1. The number of rotatable bonds is 2. The van der Waals surface area contributed by atoms with E-state index in [0.717, 1.165) is 29.0 Å². The van der Waals surface area contributed by atoms with Crippen LogP contribution in [0.3, 0.4) is 0 Å². The molecule has 0 aliphatic carbocycles. The number of alkyl halides is 1. The first kappa shape index (κ1) is 13.6. The van der Waals surface area contributed by atoms with E-state index in [9.17, 15) is 0 Å². The molecule has 0 radical (unpaired) electrons. The lowest BCUT2D eigenvalue weighted by molar-refractivity contribution is 0.728. The SMILES string of the molecule is CC1CN(c2ccc(CBr)c(Cl)c2)CC(C)S1. The van der Waals surface area contributed by atoms with Gasteiger partial charge in [-0.15, -0.1) is 0 Å². The second-order valence-electron chi connectivity index (χ2n) is 4.57. The largest absolute Gasteiger partial charge is 0.369 e. The quantitative estimate of drug-likeness (QED) is 0.729. The van der Waals surface area contributed by atoms with Crippen LogP contribution in [0.5, 0.6) is 0 Å². The average molecular weight is 335 g/mol. The highest BCUT2D eigenvalue weighted by molar-refractivity contribution is 9.08. The molecule has 17 heavy (non-hydrogen) atoms. The Hall–Kier alpha value is 0.140. The smallest absolute Gasteiger partial charge is 0.0467 e. The Kier molecular flexibility index (Phi) is 4.67. The van der Waals surface area contributed by atoms with E-state index in [0.29, 0.717) is 10.5 Å². The predicted molar refractivity (Wildman–Crippen MR) is 82.8 cm³/mol. The molecule has 1 aromatic rings. The third kappa shape index (κ3) is 3.33.